The number of hydrogen-bond donors (Lipinski definition) is 0. The van der Waals surface area contributed by atoms with Crippen molar-refractivity contribution in [3.63, 3.8) is 0 Å². The number of alkyl halides is 1. The van der Waals surface area contributed by atoms with Crippen molar-refractivity contribution in [2.24, 2.45) is 0 Å². The average Bonchev–Trinajstić information content (AvgIpc) is 2.32. The van der Waals surface area contributed by atoms with Gasteiger partial charge in [0.15, 0.2) is 0 Å². The standard InChI is InChI=1S/C15H13Br2F/c1-10-2-7-13(14(16)8-10)15(17)9-11-3-5-12(18)6-4-11/h2-8,15H,9H2,1H3. The maximum atomic E-state index is 12.8. The summed E-state index contributed by atoms with van der Waals surface area (Å²) in [4.78, 5) is 0.220. The Morgan fingerprint density at radius 1 is 1.11 bits per heavy atom. The fourth-order valence-corrected chi connectivity index (χ4v) is 3.67. The lowest BCUT2D eigenvalue weighted by Gasteiger charge is -2.13. The van der Waals surface area contributed by atoms with Gasteiger partial charge < -0.3 is 0 Å². The maximum absolute atomic E-state index is 12.8. The highest BCUT2D eigenvalue weighted by Gasteiger charge is 2.12. The largest absolute Gasteiger partial charge is 0.207 e. The number of halogens is 3. The molecule has 0 aliphatic heterocycles. The predicted molar refractivity (Wildman–Crippen MR) is 80.7 cm³/mol. The number of hydrogen-bond acceptors (Lipinski definition) is 0. The van der Waals surface area contributed by atoms with Crippen molar-refractivity contribution in [1.29, 1.82) is 0 Å². The van der Waals surface area contributed by atoms with E-state index >= 15 is 0 Å². The number of aryl methyl sites for hydroxylation is 1. The highest BCUT2D eigenvalue weighted by molar-refractivity contribution is 9.11. The summed E-state index contributed by atoms with van der Waals surface area (Å²) in [6.07, 6.45) is 0.835. The van der Waals surface area contributed by atoms with Gasteiger partial charge >= 0.3 is 0 Å². The van der Waals surface area contributed by atoms with Crippen molar-refractivity contribution < 1.29 is 4.39 Å². The zero-order chi connectivity index (χ0) is 13.1. The van der Waals surface area contributed by atoms with Crippen LogP contribution in [0.15, 0.2) is 46.9 Å². The van der Waals surface area contributed by atoms with Gasteiger partial charge in [-0.2, -0.15) is 0 Å². The molecular formula is C15H13Br2F. The van der Waals surface area contributed by atoms with Gasteiger partial charge in [0.25, 0.3) is 0 Å². The second kappa shape index (κ2) is 5.98. The molecule has 0 fully saturated rings. The van der Waals surface area contributed by atoms with Gasteiger partial charge in [0, 0.05) is 9.30 Å². The van der Waals surface area contributed by atoms with E-state index in [0.29, 0.717) is 0 Å². The number of benzene rings is 2. The fraction of sp³-hybridized carbons (Fsp3) is 0.200. The topological polar surface area (TPSA) is 0 Å². The Bertz CT molecular complexity index is 535. The molecule has 0 amide bonds. The Balaban J connectivity index is 2.16. The summed E-state index contributed by atoms with van der Waals surface area (Å²) in [6, 6.07) is 13.0. The van der Waals surface area contributed by atoms with Gasteiger partial charge in [0.2, 0.25) is 0 Å². The van der Waals surface area contributed by atoms with Crippen LogP contribution < -0.4 is 0 Å². The van der Waals surface area contributed by atoms with Crippen molar-refractivity contribution in [1.82, 2.24) is 0 Å². The Morgan fingerprint density at radius 3 is 2.39 bits per heavy atom. The molecule has 0 saturated carbocycles. The van der Waals surface area contributed by atoms with Crippen molar-refractivity contribution in [3.8, 4) is 0 Å². The van der Waals surface area contributed by atoms with Crippen LogP contribution in [0.3, 0.4) is 0 Å². The van der Waals surface area contributed by atoms with Crippen molar-refractivity contribution in [2.45, 2.75) is 18.2 Å². The highest BCUT2D eigenvalue weighted by atomic mass is 79.9. The lowest BCUT2D eigenvalue weighted by molar-refractivity contribution is 0.627. The van der Waals surface area contributed by atoms with Gasteiger partial charge in [-0.15, -0.1) is 0 Å². The van der Waals surface area contributed by atoms with Crippen LogP contribution in [0.25, 0.3) is 0 Å². The third-order valence-corrected chi connectivity index (χ3v) is 4.33. The molecule has 0 heterocycles. The molecular weight excluding hydrogens is 359 g/mol. The summed E-state index contributed by atoms with van der Waals surface area (Å²) >= 11 is 7.28. The third-order valence-electron chi connectivity index (χ3n) is 2.82. The summed E-state index contributed by atoms with van der Waals surface area (Å²) in [5, 5.41) is 0. The molecule has 0 saturated heterocycles. The maximum Gasteiger partial charge on any atom is 0.123 e. The quantitative estimate of drug-likeness (QED) is 0.618. The van der Waals surface area contributed by atoms with Crippen molar-refractivity contribution in [3.05, 3.63) is 69.4 Å². The van der Waals surface area contributed by atoms with Crippen LogP contribution in [0, 0.1) is 12.7 Å². The molecule has 0 bridgehead atoms. The first-order valence-electron chi connectivity index (χ1n) is 5.71. The Hall–Kier alpha value is -0.670. The smallest absolute Gasteiger partial charge is 0.123 e. The first-order chi connectivity index (χ1) is 8.56. The van der Waals surface area contributed by atoms with Crippen molar-refractivity contribution >= 4 is 31.9 Å². The predicted octanol–water partition coefficient (Wildman–Crippen LogP) is 5.58. The van der Waals surface area contributed by atoms with Gasteiger partial charge in [0.1, 0.15) is 5.82 Å². The Morgan fingerprint density at radius 2 is 1.78 bits per heavy atom. The average molecular weight is 372 g/mol. The van der Waals surface area contributed by atoms with Crippen LogP contribution in [0.2, 0.25) is 0 Å². The molecule has 0 aliphatic rings. The summed E-state index contributed by atoms with van der Waals surface area (Å²) in [5.74, 6) is -0.193. The van der Waals surface area contributed by atoms with Crippen LogP contribution in [0.4, 0.5) is 4.39 Å². The molecule has 1 unspecified atom stereocenters. The zero-order valence-electron chi connectivity index (χ0n) is 9.96. The molecule has 94 valence electrons. The van der Waals surface area contributed by atoms with E-state index in [9.17, 15) is 4.39 Å². The molecule has 0 radical (unpaired) electrons. The minimum atomic E-state index is -0.193. The van der Waals surface area contributed by atoms with E-state index in [-0.39, 0.29) is 10.6 Å². The molecule has 0 aromatic heterocycles. The summed E-state index contributed by atoms with van der Waals surface area (Å²) < 4.78 is 13.9. The van der Waals surface area contributed by atoms with Crippen LogP contribution in [0.5, 0.6) is 0 Å². The number of rotatable bonds is 3. The Kier molecular flexibility index (Phi) is 4.57. The molecule has 0 nitrogen and oxygen atoms in total. The van der Waals surface area contributed by atoms with E-state index in [1.54, 1.807) is 0 Å². The van der Waals surface area contributed by atoms with Crippen LogP contribution in [-0.4, -0.2) is 0 Å². The van der Waals surface area contributed by atoms with Gasteiger partial charge in [-0.25, -0.2) is 4.39 Å². The molecule has 2 aromatic carbocycles. The van der Waals surface area contributed by atoms with Gasteiger partial charge in [0.05, 0.1) is 0 Å². The zero-order valence-corrected chi connectivity index (χ0v) is 13.1. The van der Waals surface area contributed by atoms with Crippen LogP contribution >= 0.6 is 31.9 Å². The van der Waals surface area contributed by atoms with Crippen molar-refractivity contribution in [2.75, 3.05) is 0 Å². The molecule has 1 atom stereocenters. The first kappa shape index (κ1) is 13.8. The fourth-order valence-electron chi connectivity index (χ4n) is 1.82. The SMILES string of the molecule is Cc1ccc(C(Br)Cc2ccc(F)cc2)c(Br)c1. The van der Waals surface area contributed by atoms with E-state index in [2.05, 4.69) is 57.0 Å². The van der Waals surface area contributed by atoms with Crippen LogP contribution in [0.1, 0.15) is 21.5 Å². The van der Waals surface area contributed by atoms with Gasteiger partial charge in [-0.1, -0.05) is 56.1 Å². The normalized spacial score (nSPS) is 12.4. The van der Waals surface area contributed by atoms with E-state index in [1.807, 2.05) is 12.1 Å². The molecule has 3 heteroatoms. The molecule has 0 spiro atoms. The van der Waals surface area contributed by atoms with Crippen LogP contribution in [-0.2, 0) is 6.42 Å². The molecule has 0 aliphatic carbocycles. The van der Waals surface area contributed by atoms with E-state index < -0.39 is 0 Å². The lowest BCUT2D eigenvalue weighted by atomic mass is 10.0. The van der Waals surface area contributed by atoms with Gasteiger partial charge in [-0.05, 0) is 48.2 Å². The molecule has 2 aromatic rings. The van der Waals surface area contributed by atoms with E-state index in [0.717, 1.165) is 16.5 Å². The lowest BCUT2D eigenvalue weighted by Crippen LogP contribution is -1.97. The minimum absolute atomic E-state index is 0.193. The van der Waals surface area contributed by atoms with E-state index in [4.69, 9.17) is 0 Å². The Labute approximate surface area is 123 Å². The molecule has 0 N–H and O–H groups in total. The second-order valence-corrected chi connectivity index (χ2v) is 6.28. The molecule has 18 heavy (non-hydrogen) atoms. The van der Waals surface area contributed by atoms with E-state index in [1.165, 1.54) is 23.3 Å². The van der Waals surface area contributed by atoms with Gasteiger partial charge in [-0.3, -0.25) is 0 Å². The summed E-state index contributed by atoms with van der Waals surface area (Å²) in [6.45, 7) is 2.07. The third kappa shape index (κ3) is 3.42. The monoisotopic (exact) mass is 370 g/mol. The second-order valence-electron chi connectivity index (χ2n) is 4.32. The first-order valence-corrected chi connectivity index (χ1v) is 7.41. The highest BCUT2D eigenvalue weighted by Crippen LogP contribution is 2.33. The summed E-state index contributed by atoms with van der Waals surface area (Å²) in [5.41, 5.74) is 3.56. The molecule has 2 rings (SSSR count). The summed E-state index contributed by atoms with van der Waals surface area (Å²) in [7, 11) is 0. The minimum Gasteiger partial charge on any atom is -0.207 e.